The summed E-state index contributed by atoms with van der Waals surface area (Å²) in [6, 6.07) is 11.9. The molecular weight excluding hydrogens is 414 g/mol. The van der Waals surface area contributed by atoms with Gasteiger partial charge in [-0.15, -0.1) is 0 Å². The third-order valence-electron chi connectivity index (χ3n) is 4.31. The number of benzene rings is 2. The van der Waals surface area contributed by atoms with Crippen LogP contribution in [-0.4, -0.2) is 58.4 Å². The number of hydrogen-bond acceptors (Lipinski definition) is 6. The Labute approximate surface area is 175 Å². The van der Waals surface area contributed by atoms with Crippen LogP contribution in [0.4, 0.5) is 11.4 Å². The number of morpholine rings is 1. The summed E-state index contributed by atoms with van der Waals surface area (Å²) in [5.41, 5.74) is 1.24. The fourth-order valence-electron chi connectivity index (χ4n) is 2.84. The topological polar surface area (TPSA) is 89.1 Å². The molecule has 1 aliphatic heterocycles. The fraction of sp³-hybridized carbons (Fsp3) is 0.316. The van der Waals surface area contributed by atoms with Crippen LogP contribution >= 0.6 is 12.2 Å². The Morgan fingerprint density at radius 2 is 1.62 bits per heavy atom. The summed E-state index contributed by atoms with van der Waals surface area (Å²) in [6.07, 6.45) is 0. The predicted molar refractivity (Wildman–Crippen MR) is 115 cm³/mol. The molecule has 0 saturated carbocycles. The van der Waals surface area contributed by atoms with E-state index in [1.54, 1.807) is 56.7 Å². The minimum Gasteiger partial charge on any atom is -0.497 e. The first-order valence-electron chi connectivity index (χ1n) is 8.91. The fourth-order valence-corrected chi connectivity index (χ4v) is 4.53. The molecule has 0 radical (unpaired) electrons. The second kappa shape index (κ2) is 9.40. The van der Waals surface area contributed by atoms with Crippen LogP contribution in [0.15, 0.2) is 47.4 Å². The van der Waals surface area contributed by atoms with E-state index in [0.717, 1.165) is 0 Å². The van der Waals surface area contributed by atoms with Gasteiger partial charge in [0.1, 0.15) is 11.5 Å². The van der Waals surface area contributed by atoms with Crippen molar-refractivity contribution >= 4 is 38.7 Å². The molecule has 29 heavy (non-hydrogen) atoms. The molecule has 0 unspecified atom stereocenters. The monoisotopic (exact) mass is 437 g/mol. The molecule has 2 N–H and O–H groups in total. The lowest BCUT2D eigenvalue weighted by molar-refractivity contribution is 0.0730. The molecule has 0 atom stereocenters. The number of ether oxygens (including phenoxy) is 3. The van der Waals surface area contributed by atoms with Gasteiger partial charge in [-0.05, 0) is 30.4 Å². The van der Waals surface area contributed by atoms with E-state index in [9.17, 15) is 8.42 Å². The summed E-state index contributed by atoms with van der Waals surface area (Å²) in [4.78, 5) is 0.204. The second-order valence-corrected chi connectivity index (χ2v) is 8.57. The van der Waals surface area contributed by atoms with Gasteiger partial charge in [-0.1, -0.05) is 6.07 Å². The van der Waals surface area contributed by atoms with Crippen LogP contribution in [0, 0.1) is 0 Å². The summed E-state index contributed by atoms with van der Waals surface area (Å²) >= 11 is 5.36. The molecule has 0 amide bonds. The average Bonchev–Trinajstić information content (AvgIpc) is 2.74. The van der Waals surface area contributed by atoms with Crippen molar-refractivity contribution in [3.8, 4) is 11.5 Å². The number of methoxy groups -OCH3 is 2. The van der Waals surface area contributed by atoms with Crippen LogP contribution < -0.4 is 20.1 Å². The summed E-state index contributed by atoms with van der Waals surface area (Å²) < 4.78 is 42.8. The molecule has 2 aromatic carbocycles. The molecule has 3 rings (SSSR count). The maximum Gasteiger partial charge on any atom is 0.243 e. The minimum atomic E-state index is -3.58. The molecule has 1 fully saturated rings. The van der Waals surface area contributed by atoms with Gasteiger partial charge in [0.05, 0.1) is 32.3 Å². The third-order valence-corrected chi connectivity index (χ3v) is 6.41. The normalized spacial score (nSPS) is 14.8. The van der Waals surface area contributed by atoms with E-state index in [1.807, 2.05) is 0 Å². The lowest BCUT2D eigenvalue weighted by Gasteiger charge is -2.26. The van der Waals surface area contributed by atoms with E-state index in [0.29, 0.717) is 54.3 Å². The highest BCUT2D eigenvalue weighted by atomic mass is 32.2. The van der Waals surface area contributed by atoms with Gasteiger partial charge in [0.25, 0.3) is 0 Å². The maximum absolute atomic E-state index is 12.8. The highest BCUT2D eigenvalue weighted by Gasteiger charge is 2.26. The molecule has 0 aromatic heterocycles. The summed E-state index contributed by atoms with van der Waals surface area (Å²) in [6.45, 7) is 1.49. The Morgan fingerprint density at radius 3 is 2.24 bits per heavy atom. The first kappa shape index (κ1) is 21.3. The molecule has 156 valence electrons. The van der Waals surface area contributed by atoms with Gasteiger partial charge in [0.15, 0.2) is 5.11 Å². The van der Waals surface area contributed by atoms with E-state index >= 15 is 0 Å². The number of sulfonamides is 1. The van der Waals surface area contributed by atoms with Gasteiger partial charge in [-0.25, -0.2) is 8.42 Å². The Hall–Kier alpha value is -2.40. The van der Waals surface area contributed by atoms with Crippen LogP contribution in [0.5, 0.6) is 11.5 Å². The molecular formula is C19H23N3O5S2. The number of anilines is 2. The van der Waals surface area contributed by atoms with Gasteiger partial charge < -0.3 is 24.8 Å². The van der Waals surface area contributed by atoms with E-state index in [1.165, 1.54) is 4.31 Å². The molecule has 1 saturated heterocycles. The number of thiocarbonyl (C=S) groups is 1. The quantitative estimate of drug-likeness (QED) is 0.667. The third kappa shape index (κ3) is 5.36. The molecule has 2 aromatic rings. The summed E-state index contributed by atoms with van der Waals surface area (Å²) in [5, 5.41) is 6.36. The Morgan fingerprint density at radius 1 is 1.00 bits per heavy atom. The van der Waals surface area contributed by atoms with Gasteiger partial charge in [0, 0.05) is 42.7 Å². The van der Waals surface area contributed by atoms with Gasteiger partial charge in [-0.3, -0.25) is 0 Å². The average molecular weight is 438 g/mol. The number of nitrogens with one attached hydrogen (secondary N) is 2. The Bertz CT molecular complexity index is 953. The highest BCUT2D eigenvalue weighted by Crippen LogP contribution is 2.26. The van der Waals surface area contributed by atoms with Gasteiger partial charge in [-0.2, -0.15) is 4.31 Å². The summed E-state index contributed by atoms with van der Waals surface area (Å²) in [5.74, 6) is 1.24. The van der Waals surface area contributed by atoms with Gasteiger partial charge in [0.2, 0.25) is 10.0 Å². The zero-order valence-electron chi connectivity index (χ0n) is 16.2. The minimum absolute atomic E-state index is 0.204. The molecule has 0 bridgehead atoms. The Balaban J connectivity index is 1.72. The van der Waals surface area contributed by atoms with Crippen molar-refractivity contribution in [2.45, 2.75) is 4.90 Å². The van der Waals surface area contributed by atoms with Crippen LogP contribution in [0.1, 0.15) is 0 Å². The van der Waals surface area contributed by atoms with Crippen molar-refractivity contribution < 1.29 is 22.6 Å². The van der Waals surface area contributed by atoms with Crippen LogP contribution in [-0.2, 0) is 14.8 Å². The van der Waals surface area contributed by atoms with Crippen molar-refractivity contribution in [1.82, 2.24) is 4.31 Å². The molecule has 1 heterocycles. The maximum atomic E-state index is 12.8. The molecule has 0 aliphatic carbocycles. The standard InChI is InChI=1S/C19H23N3O5S2/c1-25-16-10-15(11-17(13-16)26-2)21-19(28)20-14-4-3-5-18(12-14)29(23,24)22-6-8-27-9-7-22/h3-5,10-13H,6-9H2,1-2H3,(H2,20,21,28). The van der Waals surface area contributed by atoms with Crippen LogP contribution in [0.25, 0.3) is 0 Å². The summed E-state index contributed by atoms with van der Waals surface area (Å²) in [7, 11) is -0.451. The van der Waals surface area contributed by atoms with Crippen LogP contribution in [0.2, 0.25) is 0 Å². The molecule has 1 aliphatic rings. The van der Waals surface area contributed by atoms with Crippen LogP contribution in [0.3, 0.4) is 0 Å². The predicted octanol–water partition coefficient (Wildman–Crippen LogP) is 2.53. The van der Waals surface area contributed by atoms with Crippen molar-refractivity contribution in [2.24, 2.45) is 0 Å². The Kier molecular flexibility index (Phi) is 6.91. The van der Waals surface area contributed by atoms with E-state index in [-0.39, 0.29) is 4.90 Å². The highest BCUT2D eigenvalue weighted by molar-refractivity contribution is 7.89. The molecule has 0 spiro atoms. The van der Waals surface area contributed by atoms with Crippen molar-refractivity contribution in [3.63, 3.8) is 0 Å². The SMILES string of the molecule is COc1cc(NC(=S)Nc2cccc(S(=O)(=O)N3CCOCC3)c2)cc(OC)c1. The van der Waals surface area contributed by atoms with Crippen molar-refractivity contribution in [2.75, 3.05) is 51.2 Å². The number of rotatable bonds is 6. The zero-order chi connectivity index (χ0) is 20.9. The first-order valence-corrected chi connectivity index (χ1v) is 10.8. The lowest BCUT2D eigenvalue weighted by atomic mass is 10.3. The largest absolute Gasteiger partial charge is 0.497 e. The van der Waals surface area contributed by atoms with E-state index in [2.05, 4.69) is 10.6 Å². The number of nitrogens with zero attached hydrogens (tertiary/aromatic N) is 1. The lowest BCUT2D eigenvalue weighted by Crippen LogP contribution is -2.40. The van der Waals surface area contributed by atoms with Crippen molar-refractivity contribution in [1.29, 1.82) is 0 Å². The van der Waals surface area contributed by atoms with E-state index < -0.39 is 10.0 Å². The first-order chi connectivity index (χ1) is 13.9. The second-order valence-electron chi connectivity index (χ2n) is 6.22. The molecule has 10 heteroatoms. The van der Waals surface area contributed by atoms with Crippen molar-refractivity contribution in [3.05, 3.63) is 42.5 Å². The smallest absolute Gasteiger partial charge is 0.243 e. The van der Waals surface area contributed by atoms with E-state index in [4.69, 9.17) is 26.4 Å². The number of hydrogen-bond donors (Lipinski definition) is 2. The van der Waals surface area contributed by atoms with Gasteiger partial charge >= 0.3 is 0 Å². The zero-order valence-corrected chi connectivity index (χ0v) is 17.8. The molecule has 8 nitrogen and oxygen atoms in total.